The van der Waals surface area contributed by atoms with Gasteiger partial charge in [-0.25, -0.2) is 0 Å². The predicted molar refractivity (Wildman–Crippen MR) is 52.6 cm³/mol. The number of rotatable bonds is 4. The Bertz CT molecular complexity index is 222. The second-order valence-electron chi connectivity index (χ2n) is 3.99. The van der Waals surface area contributed by atoms with Gasteiger partial charge in [-0.2, -0.15) is 0 Å². The van der Waals surface area contributed by atoms with Crippen molar-refractivity contribution in [2.75, 3.05) is 13.2 Å². The van der Waals surface area contributed by atoms with Gasteiger partial charge in [0.05, 0.1) is 18.8 Å². The molecule has 14 heavy (non-hydrogen) atoms. The molecule has 0 aliphatic heterocycles. The van der Waals surface area contributed by atoms with Gasteiger partial charge in [0, 0.05) is 4.91 Å². The topological polar surface area (TPSA) is 89.2 Å². The van der Waals surface area contributed by atoms with Crippen LogP contribution in [0.5, 0.6) is 0 Å². The Morgan fingerprint density at radius 2 is 2.00 bits per heavy atom. The van der Waals surface area contributed by atoms with Crippen molar-refractivity contribution in [3.8, 4) is 0 Å². The van der Waals surface area contributed by atoms with Crippen molar-refractivity contribution in [2.24, 2.45) is 11.0 Å². The van der Waals surface area contributed by atoms with Gasteiger partial charge in [-0.3, -0.25) is 0 Å². The first-order valence-electron chi connectivity index (χ1n) is 5.07. The molecule has 0 aromatic rings. The van der Waals surface area contributed by atoms with Gasteiger partial charge in [-0.1, -0.05) is 24.4 Å². The largest absolute Gasteiger partial charge is 0.393 e. The van der Waals surface area contributed by atoms with Crippen LogP contribution in [0, 0.1) is 5.92 Å². The van der Waals surface area contributed by atoms with E-state index in [-0.39, 0.29) is 19.1 Å². The third kappa shape index (κ3) is 2.61. The summed E-state index contributed by atoms with van der Waals surface area (Å²) in [6.45, 7) is -0.346. The van der Waals surface area contributed by atoms with Crippen molar-refractivity contribution in [3.63, 3.8) is 0 Å². The highest BCUT2D eigenvalue weighted by Crippen LogP contribution is 2.32. The molecular weight excluding hydrogens is 182 g/mol. The summed E-state index contributed by atoms with van der Waals surface area (Å²) in [6.07, 6.45) is 5.20. The number of aliphatic hydroxyl groups is 2. The smallest absolute Gasteiger partial charge is 0.0961 e. The third-order valence-corrected chi connectivity index (χ3v) is 3.05. The molecule has 1 saturated carbocycles. The van der Waals surface area contributed by atoms with E-state index >= 15 is 0 Å². The Balaban J connectivity index is 2.60. The average molecular weight is 199 g/mol. The molecule has 0 aromatic heterocycles. The highest BCUT2D eigenvalue weighted by Gasteiger charge is 2.35. The maximum Gasteiger partial charge on any atom is 0.0961 e. The minimum atomic E-state index is -1.20. The molecule has 0 aromatic carbocycles. The number of azide groups is 1. The molecule has 1 unspecified atom stereocenters. The molecule has 1 atom stereocenters. The average Bonchev–Trinajstić information content (AvgIpc) is 2.27. The zero-order chi connectivity index (χ0) is 10.4. The van der Waals surface area contributed by atoms with E-state index in [9.17, 15) is 5.11 Å². The zero-order valence-electron chi connectivity index (χ0n) is 8.26. The van der Waals surface area contributed by atoms with E-state index in [0.717, 1.165) is 25.7 Å². The SMILES string of the molecule is [N-]=[N+]=NCC(O)(CO)C1CCCCC1. The Kier molecular flexibility index (Phi) is 4.20. The van der Waals surface area contributed by atoms with Gasteiger partial charge in [0.15, 0.2) is 0 Å². The van der Waals surface area contributed by atoms with Crippen LogP contribution in [-0.2, 0) is 0 Å². The standard InChI is InChI=1S/C9H17N3O2/c10-12-11-6-9(14,7-13)8-4-2-1-3-5-8/h8,13-14H,1-7H2. The molecule has 5 nitrogen and oxygen atoms in total. The van der Waals surface area contributed by atoms with Crippen LogP contribution in [-0.4, -0.2) is 29.0 Å². The quantitative estimate of drug-likeness (QED) is 0.409. The van der Waals surface area contributed by atoms with Crippen molar-refractivity contribution in [1.82, 2.24) is 0 Å². The Morgan fingerprint density at radius 1 is 1.36 bits per heavy atom. The molecule has 5 heteroatoms. The van der Waals surface area contributed by atoms with E-state index in [0.29, 0.717) is 0 Å². The molecule has 1 fully saturated rings. The lowest BCUT2D eigenvalue weighted by Crippen LogP contribution is -2.45. The van der Waals surface area contributed by atoms with Crippen molar-refractivity contribution in [2.45, 2.75) is 37.7 Å². The summed E-state index contributed by atoms with van der Waals surface area (Å²) >= 11 is 0. The first kappa shape index (κ1) is 11.3. The molecule has 2 N–H and O–H groups in total. The van der Waals surface area contributed by atoms with Crippen LogP contribution in [0.1, 0.15) is 32.1 Å². The van der Waals surface area contributed by atoms with Crippen molar-refractivity contribution < 1.29 is 10.2 Å². The maximum atomic E-state index is 10.1. The molecule has 1 aliphatic rings. The van der Waals surface area contributed by atoms with E-state index in [1.165, 1.54) is 6.42 Å². The Labute approximate surface area is 83.4 Å². The van der Waals surface area contributed by atoms with Crippen LogP contribution in [0.15, 0.2) is 5.11 Å². The lowest BCUT2D eigenvalue weighted by molar-refractivity contribution is -0.0649. The molecule has 0 bridgehead atoms. The highest BCUT2D eigenvalue weighted by molar-refractivity contribution is 4.89. The molecule has 0 amide bonds. The predicted octanol–water partition coefficient (Wildman–Crippen LogP) is 1.60. The van der Waals surface area contributed by atoms with Crippen LogP contribution in [0.25, 0.3) is 10.4 Å². The molecular formula is C9H17N3O2. The van der Waals surface area contributed by atoms with E-state index in [1.807, 2.05) is 0 Å². The maximum absolute atomic E-state index is 10.1. The molecule has 80 valence electrons. The molecule has 0 spiro atoms. The van der Waals surface area contributed by atoms with Crippen LogP contribution in [0.3, 0.4) is 0 Å². The summed E-state index contributed by atoms with van der Waals surface area (Å²) in [5.41, 5.74) is 6.99. The zero-order valence-corrected chi connectivity index (χ0v) is 8.26. The summed E-state index contributed by atoms with van der Waals surface area (Å²) in [5, 5.41) is 22.6. The van der Waals surface area contributed by atoms with E-state index in [1.54, 1.807) is 0 Å². The van der Waals surface area contributed by atoms with Crippen molar-refractivity contribution in [1.29, 1.82) is 0 Å². The van der Waals surface area contributed by atoms with Crippen LogP contribution >= 0.6 is 0 Å². The second kappa shape index (κ2) is 5.20. The van der Waals surface area contributed by atoms with E-state index in [2.05, 4.69) is 10.0 Å². The fourth-order valence-electron chi connectivity index (χ4n) is 2.10. The number of hydrogen-bond acceptors (Lipinski definition) is 3. The van der Waals surface area contributed by atoms with Gasteiger partial charge in [-0.15, -0.1) is 0 Å². The fourth-order valence-corrected chi connectivity index (χ4v) is 2.10. The van der Waals surface area contributed by atoms with Gasteiger partial charge in [0.2, 0.25) is 0 Å². The van der Waals surface area contributed by atoms with Crippen LogP contribution in [0.2, 0.25) is 0 Å². The lowest BCUT2D eigenvalue weighted by Gasteiger charge is -2.36. The van der Waals surface area contributed by atoms with Gasteiger partial charge in [0.25, 0.3) is 0 Å². The minimum absolute atomic E-state index is 0.0231. The number of nitrogens with zero attached hydrogens (tertiary/aromatic N) is 3. The van der Waals surface area contributed by atoms with Gasteiger partial charge < -0.3 is 10.2 Å². The Hall–Kier alpha value is -0.770. The van der Waals surface area contributed by atoms with E-state index in [4.69, 9.17) is 10.6 Å². The normalized spacial score (nSPS) is 22.4. The molecule has 0 saturated heterocycles. The fraction of sp³-hybridized carbons (Fsp3) is 1.00. The van der Waals surface area contributed by atoms with Crippen molar-refractivity contribution >= 4 is 0 Å². The third-order valence-electron chi connectivity index (χ3n) is 3.05. The number of hydrogen-bond donors (Lipinski definition) is 2. The first-order chi connectivity index (χ1) is 6.73. The molecule has 1 aliphatic carbocycles. The molecule has 1 rings (SSSR count). The lowest BCUT2D eigenvalue weighted by atomic mass is 9.77. The van der Waals surface area contributed by atoms with Gasteiger partial charge >= 0.3 is 0 Å². The van der Waals surface area contributed by atoms with Gasteiger partial charge in [-0.05, 0) is 24.3 Å². The molecule has 0 radical (unpaired) electrons. The summed E-state index contributed by atoms with van der Waals surface area (Å²) in [6, 6.07) is 0. The summed E-state index contributed by atoms with van der Waals surface area (Å²) < 4.78 is 0. The van der Waals surface area contributed by atoms with Gasteiger partial charge in [0.1, 0.15) is 0 Å². The highest BCUT2D eigenvalue weighted by atomic mass is 16.3. The Morgan fingerprint density at radius 3 is 2.50 bits per heavy atom. The summed E-state index contributed by atoms with van der Waals surface area (Å²) in [5.74, 6) is 0.0757. The molecule has 0 heterocycles. The van der Waals surface area contributed by atoms with E-state index < -0.39 is 5.60 Å². The first-order valence-corrected chi connectivity index (χ1v) is 5.07. The number of aliphatic hydroxyl groups excluding tert-OH is 1. The van der Waals surface area contributed by atoms with Crippen LogP contribution in [0.4, 0.5) is 0 Å². The van der Waals surface area contributed by atoms with Crippen molar-refractivity contribution in [3.05, 3.63) is 10.4 Å². The second-order valence-corrected chi connectivity index (χ2v) is 3.99. The van der Waals surface area contributed by atoms with Crippen LogP contribution < -0.4 is 0 Å². The minimum Gasteiger partial charge on any atom is -0.393 e. The summed E-state index contributed by atoms with van der Waals surface area (Å²) in [4.78, 5) is 2.62. The monoisotopic (exact) mass is 199 g/mol. The summed E-state index contributed by atoms with van der Waals surface area (Å²) in [7, 11) is 0.